The van der Waals surface area contributed by atoms with E-state index in [9.17, 15) is 18.4 Å². The molecule has 0 atom stereocenters. The van der Waals surface area contributed by atoms with Gasteiger partial charge in [-0.3, -0.25) is 9.59 Å². The number of halogens is 2. The molecule has 0 aliphatic rings. The SMILES string of the molecule is Cc1ccc(C(=O)NCCNC(=O)c2cnn(-c3ccc(F)cc3)c2C)cc1F. The van der Waals surface area contributed by atoms with E-state index in [0.29, 0.717) is 22.5 Å². The number of hydrogen-bond donors (Lipinski definition) is 2. The fraction of sp³-hybridized carbons (Fsp3) is 0.190. The van der Waals surface area contributed by atoms with Gasteiger partial charge in [0.05, 0.1) is 23.1 Å². The van der Waals surface area contributed by atoms with Gasteiger partial charge in [0.1, 0.15) is 11.6 Å². The lowest BCUT2D eigenvalue weighted by molar-refractivity contribution is 0.0927. The van der Waals surface area contributed by atoms with Crippen LogP contribution in [-0.2, 0) is 0 Å². The summed E-state index contributed by atoms with van der Waals surface area (Å²) >= 11 is 0. The van der Waals surface area contributed by atoms with E-state index in [4.69, 9.17) is 0 Å². The molecular formula is C21H20F2N4O2. The monoisotopic (exact) mass is 398 g/mol. The highest BCUT2D eigenvalue weighted by Crippen LogP contribution is 2.14. The number of carbonyl (C=O) groups excluding carboxylic acids is 2. The molecule has 3 aromatic rings. The maximum Gasteiger partial charge on any atom is 0.254 e. The van der Waals surface area contributed by atoms with Crippen molar-refractivity contribution < 1.29 is 18.4 Å². The summed E-state index contributed by atoms with van der Waals surface area (Å²) in [7, 11) is 0. The van der Waals surface area contributed by atoms with Gasteiger partial charge in [-0.15, -0.1) is 0 Å². The molecule has 0 saturated carbocycles. The smallest absolute Gasteiger partial charge is 0.254 e. The van der Waals surface area contributed by atoms with Crippen LogP contribution in [0.1, 0.15) is 32.0 Å². The Balaban J connectivity index is 1.54. The van der Waals surface area contributed by atoms with E-state index in [1.807, 2.05) is 0 Å². The summed E-state index contributed by atoms with van der Waals surface area (Å²) in [6, 6.07) is 10.0. The molecule has 2 aromatic carbocycles. The highest BCUT2D eigenvalue weighted by atomic mass is 19.1. The topological polar surface area (TPSA) is 76.0 Å². The first kappa shape index (κ1) is 20.2. The molecule has 2 N–H and O–H groups in total. The maximum atomic E-state index is 13.5. The molecule has 0 spiro atoms. The van der Waals surface area contributed by atoms with Gasteiger partial charge < -0.3 is 10.6 Å². The Kier molecular flexibility index (Phi) is 6.01. The number of carbonyl (C=O) groups is 2. The van der Waals surface area contributed by atoms with Gasteiger partial charge in [0, 0.05) is 18.7 Å². The molecule has 1 aromatic heterocycles. The van der Waals surface area contributed by atoms with E-state index in [1.165, 1.54) is 30.5 Å². The number of nitrogens with one attached hydrogen (secondary N) is 2. The number of aromatic nitrogens is 2. The van der Waals surface area contributed by atoms with Gasteiger partial charge in [0.15, 0.2) is 0 Å². The van der Waals surface area contributed by atoms with Crippen LogP contribution < -0.4 is 10.6 Å². The molecule has 0 unspecified atom stereocenters. The molecule has 0 bridgehead atoms. The molecule has 0 aliphatic carbocycles. The van der Waals surface area contributed by atoms with Gasteiger partial charge in [0.2, 0.25) is 0 Å². The number of benzene rings is 2. The van der Waals surface area contributed by atoms with Gasteiger partial charge >= 0.3 is 0 Å². The van der Waals surface area contributed by atoms with Crippen LogP contribution in [0.4, 0.5) is 8.78 Å². The molecular weight excluding hydrogens is 378 g/mol. The van der Waals surface area contributed by atoms with Crippen molar-refractivity contribution in [3.05, 3.63) is 82.7 Å². The van der Waals surface area contributed by atoms with Gasteiger partial charge in [-0.1, -0.05) is 6.07 Å². The molecule has 0 aliphatic heterocycles. The first-order valence-electron chi connectivity index (χ1n) is 9.00. The molecule has 0 saturated heterocycles. The van der Waals surface area contributed by atoms with Crippen molar-refractivity contribution in [1.82, 2.24) is 20.4 Å². The Morgan fingerprint density at radius 2 is 1.62 bits per heavy atom. The summed E-state index contributed by atoms with van der Waals surface area (Å²) in [5.41, 5.74) is 2.30. The van der Waals surface area contributed by atoms with Crippen molar-refractivity contribution >= 4 is 11.8 Å². The van der Waals surface area contributed by atoms with Crippen molar-refractivity contribution in [3.8, 4) is 5.69 Å². The van der Waals surface area contributed by atoms with E-state index in [1.54, 1.807) is 36.7 Å². The fourth-order valence-electron chi connectivity index (χ4n) is 2.76. The zero-order valence-corrected chi connectivity index (χ0v) is 16.0. The number of aryl methyl sites for hydroxylation is 1. The predicted molar refractivity (Wildman–Crippen MR) is 104 cm³/mol. The lowest BCUT2D eigenvalue weighted by atomic mass is 10.1. The zero-order chi connectivity index (χ0) is 21.0. The highest BCUT2D eigenvalue weighted by Gasteiger charge is 2.15. The van der Waals surface area contributed by atoms with Crippen molar-refractivity contribution in [2.45, 2.75) is 13.8 Å². The Labute approximate surface area is 166 Å². The summed E-state index contributed by atoms with van der Waals surface area (Å²) in [6.45, 7) is 3.73. The molecule has 2 amide bonds. The Hall–Kier alpha value is -3.55. The lowest BCUT2D eigenvalue weighted by Crippen LogP contribution is -2.34. The first-order chi connectivity index (χ1) is 13.9. The highest BCUT2D eigenvalue weighted by molar-refractivity contribution is 5.95. The van der Waals surface area contributed by atoms with Crippen LogP contribution in [0.15, 0.2) is 48.7 Å². The zero-order valence-electron chi connectivity index (χ0n) is 16.0. The van der Waals surface area contributed by atoms with Crippen LogP contribution in [0.25, 0.3) is 5.69 Å². The molecule has 29 heavy (non-hydrogen) atoms. The average molecular weight is 398 g/mol. The van der Waals surface area contributed by atoms with Crippen LogP contribution >= 0.6 is 0 Å². The normalized spacial score (nSPS) is 10.6. The number of rotatable bonds is 6. The number of nitrogens with zero attached hydrogens (tertiary/aromatic N) is 2. The van der Waals surface area contributed by atoms with Crippen molar-refractivity contribution in [2.75, 3.05) is 13.1 Å². The second-order valence-electron chi connectivity index (χ2n) is 6.51. The third kappa shape index (κ3) is 4.66. The predicted octanol–water partition coefficient (Wildman–Crippen LogP) is 2.93. The third-order valence-corrected chi connectivity index (χ3v) is 4.46. The molecule has 3 rings (SSSR count). The largest absolute Gasteiger partial charge is 0.350 e. The van der Waals surface area contributed by atoms with E-state index in [-0.39, 0.29) is 30.4 Å². The van der Waals surface area contributed by atoms with Crippen LogP contribution in [0.3, 0.4) is 0 Å². The minimum absolute atomic E-state index is 0.186. The number of hydrogen-bond acceptors (Lipinski definition) is 3. The molecule has 0 radical (unpaired) electrons. The second-order valence-corrected chi connectivity index (χ2v) is 6.51. The van der Waals surface area contributed by atoms with Gasteiger partial charge in [-0.2, -0.15) is 5.10 Å². The van der Waals surface area contributed by atoms with Crippen LogP contribution in [0.2, 0.25) is 0 Å². The van der Waals surface area contributed by atoms with Gasteiger partial charge in [-0.05, 0) is 55.8 Å². The lowest BCUT2D eigenvalue weighted by Gasteiger charge is -2.08. The minimum Gasteiger partial charge on any atom is -0.350 e. The molecule has 0 fully saturated rings. The number of amides is 2. The summed E-state index contributed by atoms with van der Waals surface area (Å²) < 4.78 is 28.2. The second kappa shape index (κ2) is 8.64. The summed E-state index contributed by atoms with van der Waals surface area (Å²) in [5.74, 6) is -1.56. The van der Waals surface area contributed by atoms with Crippen LogP contribution in [-0.4, -0.2) is 34.7 Å². The molecule has 1 heterocycles. The van der Waals surface area contributed by atoms with Gasteiger partial charge in [-0.25, -0.2) is 13.5 Å². The van der Waals surface area contributed by atoms with E-state index >= 15 is 0 Å². The quantitative estimate of drug-likeness (QED) is 0.627. The van der Waals surface area contributed by atoms with E-state index in [2.05, 4.69) is 15.7 Å². The minimum atomic E-state index is -0.445. The fourth-order valence-corrected chi connectivity index (χ4v) is 2.76. The average Bonchev–Trinajstić information content (AvgIpc) is 3.09. The summed E-state index contributed by atoms with van der Waals surface area (Å²) in [5, 5.41) is 9.50. The third-order valence-electron chi connectivity index (χ3n) is 4.46. The standard InChI is InChI=1S/C21H20F2N4O2/c1-13-3-4-15(11-19(13)23)20(28)24-9-10-25-21(29)18-12-26-27(14(18)2)17-7-5-16(22)6-8-17/h3-8,11-12H,9-10H2,1-2H3,(H,24,28)(H,25,29). The Morgan fingerprint density at radius 3 is 2.28 bits per heavy atom. The summed E-state index contributed by atoms with van der Waals surface area (Å²) in [6.07, 6.45) is 1.43. The summed E-state index contributed by atoms with van der Waals surface area (Å²) in [4.78, 5) is 24.4. The Bertz CT molecular complexity index is 1050. The first-order valence-corrected chi connectivity index (χ1v) is 9.00. The van der Waals surface area contributed by atoms with E-state index in [0.717, 1.165) is 0 Å². The van der Waals surface area contributed by atoms with Crippen molar-refractivity contribution in [2.24, 2.45) is 0 Å². The molecule has 150 valence electrons. The van der Waals surface area contributed by atoms with Crippen LogP contribution in [0, 0.1) is 25.5 Å². The van der Waals surface area contributed by atoms with Gasteiger partial charge in [0.25, 0.3) is 11.8 Å². The van der Waals surface area contributed by atoms with E-state index < -0.39 is 11.7 Å². The van der Waals surface area contributed by atoms with Crippen LogP contribution in [0.5, 0.6) is 0 Å². The molecule has 6 nitrogen and oxygen atoms in total. The molecule has 8 heteroatoms. The van der Waals surface area contributed by atoms with Crippen molar-refractivity contribution in [3.63, 3.8) is 0 Å². The maximum absolute atomic E-state index is 13.5. The van der Waals surface area contributed by atoms with Crippen molar-refractivity contribution in [1.29, 1.82) is 0 Å². The Morgan fingerprint density at radius 1 is 0.966 bits per heavy atom.